The summed E-state index contributed by atoms with van der Waals surface area (Å²) in [5, 5.41) is 9.25. The van der Waals surface area contributed by atoms with Gasteiger partial charge in [-0.05, 0) is 57.0 Å². The number of benzene rings is 1. The average molecular weight is 332 g/mol. The number of carbonyl (C=O) groups is 2. The van der Waals surface area contributed by atoms with Crippen molar-refractivity contribution in [3.63, 3.8) is 0 Å². The molecule has 0 spiro atoms. The van der Waals surface area contributed by atoms with Crippen LogP contribution in [0.1, 0.15) is 56.0 Å². The van der Waals surface area contributed by atoms with E-state index in [9.17, 15) is 14.7 Å². The molecule has 1 aromatic rings. The number of amides is 1. The van der Waals surface area contributed by atoms with Gasteiger partial charge in [0.15, 0.2) is 0 Å². The number of aliphatic carboxylic acids is 1. The van der Waals surface area contributed by atoms with E-state index in [-0.39, 0.29) is 11.9 Å². The van der Waals surface area contributed by atoms with Crippen LogP contribution in [0.2, 0.25) is 0 Å². The number of rotatable bonds is 9. The van der Waals surface area contributed by atoms with Gasteiger partial charge >= 0.3 is 5.97 Å². The molecule has 0 aliphatic heterocycles. The Bertz CT molecular complexity index is 566. The molecular weight excluding hydrogens is 304 g/mol. The molecule has 0 radical (unpaired) electrons. The van der Waals surface area contributed by atoms with E-state index in [4.69, 9.17) is 0 Å². The van der Waals surface area contributed by atoms with E-state index in [1.807, 2.05) is 24.3 Å². The van der Waals surface area contributed by atoms with E-state index in [0.29, 0.717) is 5.56 Å². The Labute approximate surface area is 144 Å². The molecule has 1 unspecified atom stereocenters. The van der Waals surface area contributed by atoms with E-state index in [1.54, 1.807) is 6.92 Å². The molecule has 0 bridgehead atoms. The van der Waals surface area contributed by atoms with Crippen molar-refractivity contribution < 1.29 is 14.7 Å². The molecule has 1 aliphatic carbocycles. The largest absolute Gasteiger partial charge is 0.480 e. The first-order chi connectivity index (χ1) is 11.5. The summed E-state index contributed by atoms with van der Waals surface area (Å²) in [6, 6.07) is 6.88. The standard InChI is InChI=1S/C19H28N2O3/c1-4-12-20(5-2)13-15-6-8-16(9-7-15)18(22)21(17-10-11-17)14(3)19(23)24/h6-9,14,17H,4-5,10-13H2,1-3H3,(H,23,24). The molecule has 1 amide bonds. The second-order valence-electron chi connectivity index (χ2n) is 6.52. The summed E-state index contributed by atoms with van der Waals surface area (Å²) in [6.45, 7) is 8.82. The Morgan fingerprint density at radius 3 is 2.29 bits per heavy atom. The molecule has 1 atom stereocenters. The maximum atomic E-state index is 12.7. The van der Waals surface area contributed by atoms with Crippen molar-refractivity contribution in [1.29, 1.82) is 0 Å². The van der Waals surface area contributed by atoms with Gasteiger partial charge in [-0.25, -0.2) is 4.79 Å². The minimum atomic E-state index is -0.954. The Morgan fingerprint density at radius 2 is 1.83 bits per heavy atom. The summed E-state index contributed by atoms with van der Waals surface area (Å²) < 4.78 is 0. The van der Waals surface area contributed by atoms with Crippen LogP contribution in [-0.2, 0) is 11.3 Å². The van der Waals surface area contributed by atoms with Gasteiger partial charge in [-0.3, -0.25) is 9.69 Å². The van der Waals surface area contributed by atoms with Crippen molar-refractivity contribution in [3.05, 3.63) is 35.4 Å². The lowest BCUT2D eigenvalue weighted by Gasteiger charge is -2.26. The SMILES string of the molecule is CCCN(CC)Cc1ccc(C(=O)N(C2CC2)C(C)C(=O)O)cc1. The van der Waals surface area contributed by atoms with Gasteiger partial charge in [0.05, 0.1) is 0 Å². The molecule has 1 aliphatic rings. The lowest BCUT2D eigenvalue weighted by molar-refractivity contribution is -0.141. The number of nitrogens with zero attached hydrogens (tertiary/aromatic N) is 2. The van der Waals surface area contributed by atoms with Crippen LogP contribution in [0.5, 0.6) is 0 Å². The third-order valence-electron chi connectivity index (χ3n) is 4.54. The van der Waals surface area contributed by atoms with Crippen LogP contribution in [0.3, 0.4) is 0 Å². The molecule has 1 N–H and O–H groups in total. The van der Waals surface area contributed by atoms with Gasteiger partial charge in [-0.1, -0.05) is 26.0 Å². The zero-order valence-corrected chi connectivity index (χ0v) is 14.9. The first-order valence-corrected chi connectivity index (χ1v) is 8.84. The van der Waals surface area contributed by atoms with E-state index in [0.717, 1.165) is 38.9 Å². The van der Waals surface area contributed by atoms with E-state index < -0.39 is 12.0 Å². The molecule has 132 valence electrons. The second kappa shape index (κ2) is 8.29. The van der Waals surface area contributed by atoms with Gasteiger partial charge in [-0.15, -0.1) is 0 Å². The van der Waals surface area contributed by atoms with Crippen LogP contribution in [0.25, 0.3) is 0 Å². The Kier molecular flexibility index (Phi) is 6.37. The van der Waals surface area contributed by atoms with E-state index in [2.05, 4.69) is 18.7 Å². The van der Waals surface area contributed by atoms with Crippen LogP contribution in [0.4, 0.5) is 0 Å². The Balaban J connectivity index is 2.08. The smallest absolute Gasteiger partial charge is 0.326 e. The molecule has 1 saturated carbocycles. The van der Waals surface area contributed by atoms with E-state index >= 15 is 0 Å². The van der Waals surface area contributed by atoms with Crippen LogP contribution >= 0.6 is 0 Å². The minimum Gasteiger partial charge on any atom is -0.480 e. The molecule has 2 rings (SSSR count). The highest BCUT2D eigenvalue weighted by Crippen LogP contribution is 2.30. The Hall–Kier alpha value is -1.88. The third kappa shape index (κ3) is 4.57. The Morgan fingerprint density at radius 1 is 1.21 bits per heavy atom. The van der Waals surface area contributed by atoms with Crippen molar-refractivity contribution in [2.75, 3.05) is 13.1 Å². The predicted octanol–water partition coefficient (Wildman–Crippen LogP) is 3.00. The number of hydrogen-bond acceptors (Lipinski definition) is 3. The molecule has 1 fully saturated rings. The van der Waals surface area contributed by atoms with Crippen molar-refractivity contribution in [2.45, 2.75) is 58.7 Å². The number of carbonyl (C=O) groups excluding carboxylic acids is 1. The third-order valence-corrected chi connectivity index (χ3v) is 4.54. The average Bonchev–Trinajstić information content (AvgIpc) is 3.39. The topological polar surface area (TPSA) is 60.9 Å². The van der Waals surface area contributed by atoms with Crippen molar-refractivity contribution >= 4 is 11.9 Å². The van der Waals surface area contributed by atoms with Gasteiger partial charge < -0.3 is 10.0 Å². The molecule has 24 heavy (non-hydrogen) atoms. The molecule has 5 nitrogen and oxygen atoms in total. The maximum Gasteiger partial charge on any atom is 0.326 e. The van der Waals surface area contributed by atoms with Gasteiger partial charge in [0.2, 0.25) is 0 Å². The minimum absolute atomic E-state index is 0.0726. The molecule has 0 saturated heterocycles. The summed E-state index contributed by atoms with van der Waals surface area (Å²) >= 11 is 0. The van der Waals surface area contributed by atoms with Gasteiger partial charge in [-0.2, -0.15) is 0 Å². The van der Waals surface area contributed by atoms with Crippen molar-refractivity contribution in [2.24, 2.45) is 0 Å². The van der Waals surface area contributed by atoms with Crippen LogP contribution in [0.15, 0.2) is 24.3 Å². The van der Waals surface area contributed by atoms with E-state index in [1.165, 1.54) is 10.5 Å². The first kappa shape index (κ1) is 18.5. The molecular formula is C19H28N2O3. The number of carboxylic acid groups (broad SMARTS) is 1. The zero-order chi connectivity index (χ0) is 17.7. The molecule has 1 aromatic carbocycles. The summed E-state index contributed by atoms with van der Waals surface area (Å²) in [4.78, 5) is 27.9. The van der Waals surface area contributed by atoms with Gasteiger partial charge in [0.25, 0.3) is 5.91 Å². The van der Waals surface area contributed by atoms with Crippen LogP contribution < -0.4 is 0 Å². The fraction of sp³-hybridized carbons (Fsp3) is 0.579. The van der Waals surface area contributed by atoms with Gasteiger partial charge in [0.1, 0.15) is 6.04 Å². The number of carboxylic acids is 1. The maximum absolute atomic E-state index is 12.7. The second-order valence-corrected chi connectivity index (χ2v) is 6.52. The monoisotopic (exact) mass is 332 g/mol. The summed E-state index contributed by atoms with van der Waals surface area (Å²) in [6.07, 6.45) is 2.90. The summed E-state index contributed by atoms with van der Waals surface area (Å²) in [7, 11) is 0. The van der Waals surface area contributed by atoms with Crippen molar-refractivity contribution in [1.82, 2.24) is 9.80 Å². The van der Waals surface area contributed by atoms with Crippen molar-refractivity contribution in [3.8, 4) is 0 Å². The predicted molar refractivity (Wildman–Crippen MR) is 94.0 cm³/mol. The lowest BCUT2D eigenvalue weighted by Crippen LogP contribution is -2.44. The fourth-order valence-electron chi connectivity index (χ4n) is 2.95. The van der Waals surface area contributed by atoms with Crippen LogP contribution in [0, 0.1) is 0 Å². The van der Waals surface area contributed by atoms with Crippen LogP contribution in [-0.4, -0.2) is 52.0 Å². The normalized spacial score (nSPS) is 15.3. The zero-order valence-electron chi connectivity index (χ0n) is 14.9. The summed E-state index contributed by atoms with van der Waals surface area (Å²) in [5.41, 5.74) is 1.74. The first-order valence-electron chi connectivity index (χ1n) is 8.84. The highest BCUT2D eigenvalue weighted by atomic mass is 16.4. The molecule has 0 heterocycles. The fourth-order valence-corrected chi connectivity index (χ4v) is 2.95. The quantitative estimate of drug-likeness (QED) is 0.755. The lowest BCUT2D eigenvalue weighted by atomic mass is 10.1. The molecule has 5 heteroatoms. The highest BCUT2D eigenvalue weighted by Gasteiger charge is 2.38. The summed E-state index contributed by atoms with van der Waals surface area (Å²) in [5.74, 6) is -1.13. The highest BCUT2D eigenvalue weighted by molar-refractivity contribution is 5.97. The molecule has 0 aromatic heterocycles. The number of hydrogen-bond donors (Lipinski definition) is 1. The van der Waals surface area contributed by atoms with Gasteiger partial charge in [0, 0.05) is 18.2 Å².